The number of nitriles is 1. The van der Waals surface area contributed by atoms with Gasteiger partial charge in [0.2, 0.25) is 0 Å². The predicted octanol–water partition coefficient (Wildman–Crippen LogP) is 1.32. The van der Waals surface area contributed by atoms with Gasteiger partial charge in [0.15, 0.2) is 0 Å². The standard InChI is InChI=1S/C18H27N5O2/c1-12(24)9-20-17-15(8-19)14-5-6-23(2)11-16(14)18(22-17)21-10-13-4-3-7-25-13/h12-13,24H,3-7,9-11H2,1-2H3,(H2,20,21,22). The van der Waals surface area contributed by atoms with E-state index in [1.165, 1.54) is 0 Å². The summed E-state index contributed by atoms with van der Waals surface area (Å²) >= 11 is 0. The molecule has 0 bridgehead atoms. The molecule has 0 radical (unpaired) electrons. The third-order valence-corrected chi connectivity index (χ3v) is 4.78. The summed E-state index contributed by atoms with van der Waals surface area (Å²) in [4.78, 5) is 6.93. The van der Waals surface area contributed by atoms with Crippen molar-refractivity contribution in [2.24, 2.45) is 0 Å². The van der Waals surface area contributed by atoms with E-state index in [-0.39, 0.29) is 6.10 Å². The van der Waals surface area contributed by atoms with E-state index in [1.54, 1.807) is 6.92 Å². The molecule has 7 heteroatoms. The number of pyridine rings is 1. The van der Waals surface area contributed by atoms with Crippen LogP contribution in [0, 0.1) is 11.3 Å². The summed E-state index contributed by atoms with van der Waals surface area (Å²) in [5.41, 5.74) is 2.77. The molecule has 2 unspecified atom stereocenters. The van der Waals surface area contributed by atoms with Crippen LogP contribution < -0.4 is 10.6 Å². The maximum absolute atomic E-state index is 9.65. The third-order valence-electron chi connectivity index (χ3n) is 4.78. The minimum absolute atomic E-state index is 0.225. The first-order valence-electron chi connectivity index (χ1n) is 9.00. The number of rotatable bonds is 6. The lowest BCUT2D eigenvalue weighted by molar-refractivity contribution is 0.120. The summed E-state index contributed by atoms with van der Waals surface area (Å²) in [6.45, 7) is 5.34. The van der Waals surface area contributed by atoms with Gasteiger partial charge in [-0.3, -0.25) is 0 Å². The van der Waals surface area contributed by atoms with E-state index in [2.05, 4.69) is 33.6 Å². The Hall–Kier alpha value is -1.88. The zero-order valence-corrected chi connectivity index (χ0v) is 15.0. The van der Waals surface area contributed by atoms with Gasteiger partial charge in [0.25, 0.3) is 0 Å². The third kappa shape index (κ3) is 4.21. The molecule has 0 spiro atoms. The van der Waals surface area contributed by atoms with Gasteiger partial charge in [-0.1, -0.05) is 0 Å². The fourth-order valence-corrected chi connectivity index (χ4v) is 3.42. The number of aromatic nitrogens is 1. The molecule has 7 nitrogen and oxygen atoms in total. The van der Waals surface area contributed by atoms with Crippen LogP contribution in [-0.2, 0) is 17.7 Å². The highest BCUT2D eigenvalue weighted by Gasteiger charge is 2.25. The van der Waals surface area contributed by atoms with Gasteiger partial charge in [-0.05, 0) is 38.8 Å². The summed E-state index contributed by atoms with van der Waals surface area (Å²) in [5, 5.41) is 25.8. The summed E-state index contributed by atoms with van der Waals surface area (Å²) in [6, 6.07) is 2.31. The lowest BCUT2D eigenvalue weighted by atomic mass is 9.96. The number of fused-ring (bicyclic) bond motifs is 1. The number of hydrogen-bond acceptors (Lipinski definition) is 7. The van der Waals surface area contributed by atoms with Crippen molar-refractivity contribution in [1.29, 1.82) is 5.26 Å². The zero-order valence-electron chi connectivity index (χ0n) is 15.0. The van der Waals surface area contributed by atoms with Crippen LogP contribution in [0.5, 0.6) is 0 Å². The van der Waals surface area contributed by atoms with E-state index >= 15 is 0 Å². The van der Waals surface area contributed by atoms with Crippen LogP contribution in [0.4, 0.5) is 11.6 Å². The lowest BCUT2D eigenvalue weighted by Crippen LogP contribution is -2.30. The topological polar surface area (TPSA) is 93.4 Å². The average Bonchev–Trinajstić information content (AvgIpc) is 3.11. The monoisotopic (exact) mass is 345 g/mol. The first-order chi connectivity index (χ1) is 12.1. The molecule has 1 saturated heterocycles. The highest BCUT2D eigenvalue weighted by molar-refractivity contribution is 5.66. The number of ether oxygens (including phenoxy) is 1. The Balaban J connectivity index is 1.90. The number of hydrogen-bond donors (Lipinski definition) is 3. The van der Waals surface area contributed by atoms with Crippen LogP contribution in [0.25, 0.3) is 0 Å². The molecular weight excluding hydrogens is 318 g/mol. The molecule has 0 aliphatic carbocycles. The zero-order chi connectivity index (χ0) is 17.8. The number of aliphatic hydroxyl groups excluding tert-OH is 1. The van der Waals surface area contributed by atoms with Gasteiger partial charge in [-0.2, -0.15) is 5.26 Å². The number of anilines is 2. The van der Waals surface area contributed by atoms with Crippen molar-refractivity contribution in [3.05, 3.63) is 16.7 Å². The maximum atomic E-state index is 9.65. The number of nitrogens with one attached hydrogen (secondary N) is 2. The van der Waals surface area contributed by atoms with E-state index in [4.69, 9.17) is 4.74 Å². The second-order valence-corrected chi connectivity index (χ2v) is 6.99. The predicted molar refractivity (Wildman–Crippen MR) is 96.6 cm³/mol. The van der Waals surface area contributed by atoms with Crippen LogP contribution in [-0.4, -0.2) is 60.5 Å². The summed E-state index contributed by atoms with van der Waals surface area (Å²) < 4.78 is 5.69. The molecule has 2 atom stereocenters. The van der Waals surface area contributed by atoms with Crippen molar-refractivity contribution in [2.75, 3.05) is 43.9 Å². The Kier molecular flexibility index (Phi) is 5.74. The molecule has 0 amide bonds. The van der Waals surface area contributed by atoms with Crippen LogP contribution in [0.2, 0.25) is 0 Å². The molecule has 2 aliphatic rings. The largest absolute Gasteiger partial charge is 0.392 e. The Morgan fingerprint density at radius 3 is 2.92 bits per heavy atom. The van der Waals surface area contributed by atoms with E-state index in [1.807, 2.05) is 0 Å². The van der Waals surface area contributed by atoms with Gasteiger partial charge in [0, 0.05) is 38.3 Å². The smallest absolute Gasteiger partial charge is 0.146 e. The Bertz CT molecular complexity index is 650. The van der Waals surface area contributed by atoms with Gasteiger partial charge in [-0.25, -0.2) is 4.98 Å². The molecule has 3 rings (SSSR count). The molecular formula is C18H27N5O2. The molecule has 1 aromatic heterocycles. The first-order valence-corrected chi connectivity index (χ1v) is 9.00. The second-order valence-electron chi connectivity index (χ2n) is 6.99. The molecule has 25 heavy (non-hydrogen) atoms. The van der Waals surface area contributed by atoms with Crippen LogP contribution >= 0.6 is 0 Å². The van der Waals surface area contributed by atoms with Crippen LogP contribution in [0.3, 0.4) is 0 Å². The Labute approximate surface area is 149 Å². The summed E-state index contributed by atoms with van der Waals surface area (Å²) in [5.74, 6) is 1.38. The van der Waals surface area contributed by atoms with E-state index in [0.717, 1.165) is 62.4 Å². The molecule has 0 aromatic carbocycles. The van der Waals surface area contributed by atoms with Crippen molar-refractivity contribution in [3.8, 4) is 6.07 Å². The van der Waals surface area contributed by atoms with E-state index in [9.17, 15) is 10.4 Å². The first kappa shape index (κ1) is 17.9. The SMILES string of the molecule is CC(O)CNc1nc(NCC2CCCO2)c2c(c1C#N)CCN(C)C2. The van der Waals surface area contributed by atoms with Gasteiger partial charge < -0.3 is 25.4 Å². The lowest BCUT2D eigenvalue weighted by Gasteiger charge is -2.29. The van der Waals surface area contributed by atoms with Crippen LogP contribution in [0.1, 0.15) is 36.5 Å². The Morgan fingerprint density at radius 1 is 1.40 bits per heavy atom. The van der Waals surface area contributed by atoms with Gasteiger partial charge in [0.05, 0.1) is 17.8 Å². The van der Waals surface area contributed by atoms with Crippen LogP contribution in [0.15, 0.2) is 0 Å². The van der Waals surface area contributed by atoms with E-state index in [0.29, 0.717) is 17.9 Å². The molecule has 136 valence electrons. The second kappa shape index (κ2) is 8.00. The van der Waals surface area contributed by atoms with Crippen molar-refractivity contribution >= 4 is 11.6 Å². The van der Waals surface area contributed by atoms with Crippen molar-refractivity contribution in [1.82, 2.24) is 9.88 Å². The fraction of sp³-hybridized carbons (Fsp3) is 0.667. The maximum Gasteiger partial charge on any atom is 0.146 e. The number of nitrogens with zero attached hydrogens (tertiary/aromatic N) is 3. The Morgan fingerprint density at radius 2 is 2.24 bits per heavy atom. The molecule has 2 aliphatic heterocycles. The summed E-state index contributed by atoms with van der Waals surface area (Å²) in [6.07, 6.45) is 2.73. The van der Waals surface area contributed by atoms with Gasteiger partial charge in [-0.15, -0.1) is 0 Å². The minimum Gasteiger partial charge on any atom is -0.392 e. The normalized spacial score (nSPS) is 21.4. The van der Waals surface area contributed by atoms with Crippen molar-refractivity contribution in [2.45, 2.75) is 44.9 Å². The molecule has 1 aromatic rings. The van der Waals surface area contributed by atoms with Gasteiger partial charge in [0.1, 0.15) is 17.7 Å². The highest BCUT2D eigenvalue weighted by atomic mass is 16.5. The highest BCUT2D eigenvalue weighted by Crippen LogP contribution is 2.31. The quantitative estimate of drug-likeness (QED) is 0.716. The number of likely N-dealkylation sites (N-methyl/N-ethyl adjacent to an activating group) is 1. The number of aliphatic hydroxyl groups is 1. The molecule has 0 saturated carbocycles. The summed E-state index contributed by atoms with van der Waals surface area (Å²) in [7, 11) is 2.08. The van der Waals surface area contributed by atoms with Crippen molar-refractivity contribution in [3.63, 3.8) is 0 Å². The fourth-order valence-electron chi connectivity index (χ4n) is 3.42. The van der Waals surface area contributed by atoms with Crippen molar-refractivity contribution < 1.29 is 9.84 Å². The molecule has 3 heterocycles. The minimum atomic E-state index is -0.501. The van der Waals surface area contributed by atoms with E-state index < -0.39 is 6.10 Å². The average molecular weight is 345 g/mol. The molecule has 3 N–H and O–H groups in total. The molecule has 1 fully saturated rings. The van der Waals surface area contributed by atoms with Gasteiger partial charge >= 0.3 is 0 Å².